The molecule has 1 aliphatic rings. The van der Waals surface area contributed by atoms with Crippen LogP contribution in [-0.2, 0) is 19.8 Å². The SMILES string of the molecule is CO[Si](OC)(OC(C)C)c1ccc(CN2C=CC(/C=C/c3cc(/C=C/c4ccncc4)cc(/C=C/c4ccncc4)c3)=CC2C)cc1. The minimum Gasteiger partial charge on any atom is -0.373 e. The van der Waals surface area contributed by atoms with Crippen molar-refractivity contribution in [3.05, 3.63) is 155 Å². The minimum atomic E-state index is -2.92. The molecule has 4 aromatic rings. The van der Waals surface area contributed by atoms with Gasteiger partial charge in [-0.25, -0.2) is 0 Å². The van der Waals surface area contributed by atoms with E-state index in [9.17, 15) is 0 Å². The summed E-state index contributed by atoms with van der Waals surface area (Å²) in [5, 5.41) is 0.961. The smallest absolute Gasteiger partial charge is 0.373 e. The maximum absolute atomic E-state index is 6.12. The zero-order valence-corrected chi connectivity index (χ0v) is 28.8. The lowest BCUT2D eigenvalue weighted by molar-refractivity contribution is 0.0838. The number of hydrogen-bond acceptors (Lipinski definition) is 6. The second-order valence-corrected chi connectivity index (χ2v) is 14.5. The molecule has 1 unspecified atom stereocenters. The molecule has 0 radical (unpaired) electrons. The molecule has 3 heterocycles. The molecule has 2 aromatic heterocycles. The summed E-state index contributed by atoms with van der Waals surface area (Å²) in [6, 6.07) is 23.3. The van der Waals surface area contributed by atoms with E-state index in [1.807, 2.05) is 62.9 Å². The molecule has 2 aromatic carbocycles. The van der Waals surface area contributed by atoms with Gasteiger partial charge in [-0.1, -0.05) is 66.8 Å². The summed E-state index contributed by atoms with van der Waals surface area (Å²) in [4.78, 5) is 10.6. The fraction of sp³-hybridized carbons (Fsp3) is 0.200. The second kappa shape index (κ2) is 16.2. The van der Waals surface area contributed by atoms with E-state index in [0.717, 1.165) is 39.5 Å². The van der Waals surface area contributed by atoms with Crippen LogP contribution in [0.4, 0.5) is 0 Å². The summed E-state index contributed by atoms with van der Waals surface area (Å²) in [6.45, 7) is 7.01. The third kappa shape index (κ3) is 9.44. The molecule has 0 N–H and O–H groups in total. The molecule has 0 aliphatic carbocycles. The Bertz CT molecular complexity index is 1680. The van der Waals surface area contributed by atoms with Crippen LogP contribution in [0.1, 0.15) is 54.2 Å². The molecule has 1 aliphatic heterocycles. The standard InChI is InChI=1S/C40H43N3O3Si/c1-31(2)46-47(44-4,45-5)40-14-12-36(13-15-40)30-43-25-20-35(26-32(43)3)8-11-39-28-37(9-6-33-16-21-41-22-17-33)27-38(29-39)10-7-34-18-23-42-24-19-34/h6-29,31-32H,30H2,1-5H3/b9-6+,10-7+,11-8+. The van der Waals surface area contributed by atoms with E-state index in [-0.39, 0.29) is 12.1 Å². The fourth-order valence-electron chi connectivity index (χ4n) is 5.39. The van der Waals surface area contributed by atoms with Crippen LogP contribution in [0.15, 0.2) is 122 Å². The molecule has 5 rings (SSSR count). The first kappa shape index (κ1) is 33.7. The Hall–Kier alpha value is -4.66. The van der Waals surface area contributed by atoms with Gasteiger partial charge in [0, 0.05) is 69.1 Å². The number of allylic oxidation sites excluding steroid dienone is 3. The average molecular weight is 642 g/mol. The lowest BCUT2D eigenvalue weighted by Crippen LogP contribution is -2.56. The molecule has 6 nitrogen and oxygen atoms in total. The van der Waals surface area contributed by atoms with Gasteiger partial charge in [-0.2, -0.15) is 0 Å². The normalized spacial score (nSPS) is 15.4. The summed E-state index contributed by atoms with van der Waals surface area (Å²) in [5.74, 6) is 0. The lowest BCUT2D eigenvalue weighted by atomic mass is 10.0. The summed E-state index contributed by atoms with van der Waals surface area (Å²) in [7, 11) is 0.388. The van der Waals surface area contributed by atoms with E-state index < -0.39 is 8.80 Å². The zero-order chi connectivity index (χ0) is 33.1. The second-order valence-electron chi connectivity index (χ2n) is 11.7. The topological polar surface area (TPSA) is 56.7 Å². The van der Waals surface area contributed by atoms with Crippen LogP contribution in [0.2, 0.25) is 0 Å². The molecule has 1 atom stereocenters. The van der Waals surface area contributed by atoms with Gasteiger partial charge in [0.15, 0.2) is 0 Å². The molecule has 0 spiro atoms. The molecular weight excluding hydrogens is 599 g/mol. The van der Waals surface area contributed by atoms with E-state index >= 15 is 0 Å². The van der Waals surface area contributed by atoms with Gasteiger partial charge in [-0.3, -0.25) is 9.97 Å². The van der Waals surface area contributed by atoms with Gasteiger partial charge in [0.2, 0.25) is 0 Å². The van der Waals surface area contributed by atoms with Crippen molar-refractivity contribution in [2.45, 2.75) is 39.5 Å². The van der Waals surface area contributed by atoms with Crippen LogP contribution in [-0.4, -0.2) is 50.0 Å². The van der Waals surface area contributed by atoms with Crippen molar-refractivity contribution in [2.24, 2.45) is 0 Å². The van der Waals surface area contributed by atoms with Gasteiger partial charge < -0.3 is 18.2 Å². The number of hydrogen-bond donors (Lipinski definition) is 0. The van der Waals surface area contributed by atoms with Crippen molar-refractivity contribution < 1.29 is 13.3 Å². The van der Waals surface area contributed by atoms with Gasteiger partial charge in [0.05, 0.1) is 0 Å². The fourth-order valence-corrected chi connectivity index (χ4v) is 7.55. The van der Waals surface area contributed by atoms with Gasteiger partial charge >= 0.3 is 8.80 Å². The largest absolute Gasteiger partial charge is 0.536 e. The van der Waals surface area contributed by atoms with Crippen LogP contribution in [0.3, 0.4) is 0 Å². The molecule has 0 saturated carbocycles. The lowest BCUT2D eigenvalue weighted by Gasteiger charge is -2.30. The van der Waals surface area contributed by atoms with Crippen LogP contribution in [0.25, 0.3) is 30.4 Å². The van der Waals surface area contributed by atoms with Gasteiger partial charge in [-0.05, 0) is 108 Å². The monoisotopic (exact) mass is 641 g/mol. The highest BCUT2D eigenvalue weighted by molar-refractivity contribution is 6.75. The predicted octanol–water partition coefficient (Wildman–Crippen LogP) is 8.04. The summed E-state index contributed by atoms with van der Waals surface area (Å²) in [6.07, 6.45) is 26.8. The molecule has 47 heavy (non-hydrogen) atoms. The maximum Gasteiger partial charge on any atom is 0.536 e. The Balaban J connectivity index is 1.29. The highest BCUT2D eigenvalue weighted by Gasteiger charge is 2.42. The van der Waals surface area contributed by atoms with Crippen molar-refractivity contribution in [2.75, 3.05) is 14.2 Å². The highest BCUT2D eigenvalue weighted by atomic mass is 28.4. The molecule has 240 valence electrons. The third-order valence-electron chi connectivity index (χ3n) is 7.83. The first-order chi connectivity index (χ1) is 22.9. The molecule has 0 saturated heterocycles. The first-order valence-electron chi connectivity index (χ1n) is 15.9. The molecule has 7 heteroatoms. The van der Waals surface area contributed by atoms with Crippen molar-refractivity contribution in [1.82, 2.24) is 14.9 Å². The quantitative estimate of drug-likeness (QED) is 0.138. The maximum atomic E-state index is 6.12. The Morgan fingerprint density at radius 3 is 1.66 bits per heavy atom. The van der Waals surface area contributed by atoms with E-state index in [0.29, 0.717) is 0 Å². The van der Waals surface area contributed by atoms with Crippen molar-refractivity contribution in [3.8, 4) is 0 Å². The number of nitrogens with zero attached hydrogens (tertiary/aromatic N) is 3. The Kier molecular flexibility index (Phi) is 11.6. The Labute approximate surface area is 280 Å². The molecular formula is C40H43N3O3Si. The van der Waals surface area contributed by atoms with E-state index in [4.69, 9.17) is 13.3 Å². The predicted molar refractivity (Wildman–Crippen MR) is 196 cm³/mol. The van der Waals surface area contributed by atoms with Crippen molar-refractivity contribution in [3.63, 3.8) is 0 Å². The van der Waals surface area contributed by atoms with E-state index in [1.165, 1.54) is 11.1 Å². The summed E-state index contributed by atoms with van der Waals surface area (Å²) in [5.41, 5.74) is 8.00. The van der Waals surface area contributed by atoms with Gasteiger partial charge in [-0.15, -0.1) is 0 Å². The zero-order valence-electron chi connectivity index (χ0n) is 27.8. The number of rotatable bonds is 13. The molecule has 0 bridgehead atoms. The number of aromatic nitrogens is 2. The van der Waals surface area contributed by atoms with Crippen LogP contribution in [0, 0.1) is 0 Å². The van der Waals surface area contributed by atoms with Crippen LogP contribution < -0.4 is 5.19 Å². The van der Waals surface area contributed by atoms with Crippen molar-refractivity contribution >= 4 is 44.4 Å². The number of benzene rings is 2. The molecule has 0 fully saturated rings. The third-order valence-corrected chi connectivity index (χ3v) is 10.7. The number of pyridine rings is 2. The van der Waals surface area contributed by atoms with Crippen LogP contribution in [0.5, 0.6) is 0 Å². The van der Waals surface area contributed by atoms with Gasteiger partial charge in [0.1, 0.15) is 0 Å². The van der Waals surface area contributed by atoms with Crippen LogP contribution >= 0.6 is 0 Å². The molecule has 0 amide bonds. The highest BCUT2D eigenvalue weighted by Crippen LogP contribution is 2.22. The van der Waals surface area contributed by atoms with Gasteiger partial charge in [0.25, 0.3) is 0 Å². The summed E-state index contributed by atoms with van der Waals surface area (Å²) >= 11 is 0. The Morgan fingerprint density at radius 1 is 0.702 bits per heavy atom. The minimum absolute atomic E-state index is 0.00507. The van der Waals surface area contributed by atoms with E-state index in [2.05, 4.69) is 119 Å². The summed E-state index contributed by atoms with van der Waals surface area (Å²) < 4.78 is 17.7. The Morgan fingerprint density at radius 2 is 1.19 bits per heavy atom. The van der Waals surface area contributed by atoms with E-state index in [1.54, 1.807) is 14.2 Å². The average Bonchev–Trinajstić information content (AvgIpc) is 3.10. The first-order valence-corrected chi connectivity index (χ1v) is 17.6. The van der Waals surface area contributed by atoms with Crippen molar-refractivity contribution in [1.29, 1.82) is 0 Å².